The molecule has 0 radical (unpaired) electrons. The molecule has 2 aliphatic rings. The highest BCUT2D eigenvalue weighted by atomic mass is 16.5. The van der Waals surface area contributed by atoms with E-state index in [9.17, 15) is 0 Å². The van der Waals surface area contributed by atoms with Crippen LogP contribution in [-0.4, -0.2) is 38.0 Å². The minimum absolute atomic E-state index is 0.340. The number of nitrogens with one attached hydrogen (secondary N) is 1. The molecule has 1 N–H and O–H groups in total. The van der Waals surface area contributed by atoms with E-state index in [0.717, 1.165) is 37.4 Å². The van der Waals surface area contributed by atoms with Crippen molar-refractivity contribution in [3.05, 3.63) is 23.8 Å². The maximum atomic E-state index is 5.90. The molecule has 4 atom stereocenters. The maximum Gasteiger partial charge on any atom is 0.126 e. The summed E-state index contributed by atoms with van der Waals surface area (Å²) in [6.07, 6.45) is 3.85. The van der Waals surface area contributed by atoms with Crippen LogP contribution >= 0.6 is 0 Å². The first kappa shape index (κ1) is 14.7. The molecule has 4 heteroatoms. The molecule has 4 nitrogen and oxygen atoms in total. The standard InChI is InChI=1S/C17H25NO3/c1-11-6-14(7-12(2)21-11)18-15-8-13-4-5-16(19-3)9-17(13)20-10-15/h4-5,9,11-12,14-15,18H,6-8,10H2,1-3H3/t11-,12+,14?,15-/m0/s1. The first-order valence-corrected chi connectivity index (χ1v) is 7.85. The molecule has 0 aliphatic carbocycles. The van der Waals surface area contributed by atoms with Gasteiger partial charge in [-0.05, 0) is 44.7 Å². The van der Waals surface area contributed by atoms with Crippen LogP contribution < -0.4 is 14.8 Å². The highest BCUT2D eigenvalue weighted by Crippen LogP contribution is 2.29. The number of benzene rings is 1. The van der Waals surface area contributed by atoms with Gasteiger partial charge in [-0.25, -0.2) is 0 Å². The van der Waals surface area contributed by atoms with Gasteiger partial charge in [0.15, 0.2) is 0 Å². The Labute approximate surface area is 126 Å². The predicted molar refractivity (Wildman–Crippen MR) is 82.1 cm³/mol. The summed E-state index contributed by atoms with van der Waals surface area (Å²) in [6, 6.07) is 7.00. The van der Waals surface area contributed by atoms with Gasteiger partial charge in [0.1, 0.15) is 18.1 Å². The van der Waals surface area contributed by atoms with E-state index in [1.165, 1.54) is 5.56 Å². The van der Waals surface area contributed by atoms with Crippen molar-refractivity contribution in [1.29, 1.82) is 0 Å². The fourth-order valence-electron chi connectivity index (χ4n) is 3.46. The first-order valence-electron chi connectivity index (χ1n) is 7.85. The fourth-order valence-corrected chi connectivity index (χ4v) is 3.46. The molecule has 1 unspecified atom stereocenters. The summed E-state index contributed by atoms with van der Waals surface area (Å²) >= 11 is 0. The lowest BCUT2D eigenvalue weighted by atomic mass is 9.96. The molecule has 116 valence electrons. The Morgan fingerprint density at radius 1 is 1.14 bits per heavy atom. The predicted octanol–water partition coefficient (Wildman–Crippen LogP) is 2.54. The zero-order valence-corrected chi connectivity index (χ0v) is 13.1. The summed E-state index contributed by atoms with van der Waals surface area (Å²) in [5, 5.41) is 3.75. The second-order valence-corrected chi connectivity index (χ2v) is 6.28. The zero-order chi connectivity index (χ0) is 14.8. The van der Waals surface area contributed by atoms with Gasteiger partial charge in [0, 0.05) is 18.2 Å². The summed E-state index contributed by atoms with van der Waals surface area (Å²) in [7, 11) is 1.68. The number of ether oxygens (including phenoxy) is 3. The topological polar surface area (TPSA) is 39.7 Å². The lowest BCUT2D eigenvalue weighted by Gasteiger charge is -2.36. The van der Waals surface area contributed by atoms with Gasteiger partial charge in [0.05, 0.1) is 19.3 Å². The van der Waals surface area contributed by atoms with Crippen LogP contribution in [0, 0.1) is 0 Å². The van der Waals surface area contributed by atoms with Crippen molar-refractivity contribution in [3.8, 4) is 11.5 Å². The van der Waals surface area contributed by atoms with Gasteiger partial charge in [-0.15, -0.1) is 0 Å². The normalized spacial score (nSPS) is 32.1. The van der Waals surface area contributed by atoms with Gasteiger partial charge in [-0.3, -0.25) is 0 Å². The monoisotopic (exact) mass is 291 g/mol. The van der Waals surface area contributed by atoms with Crippen molar-refractivity contribution >= 4 is 0 Å². The first-order chi connectivity index (χ1) is 10.1. The van der Waals surface area contributed by atoms with E-state index in [1.54, 1.807) is 7.11 Å². The fraction of sp³-hybridized carbons (Fsp3) is 0.647. The molecule has 0 aromatic heterocycles. The average Bonchev–Trinajstić information content (AvgIpc) is 2.45. The van der Waals surface area contributed by atoms with Crippen LogP contribution in [0.4, 0.5) is 0 Å². The SMILES string of the molecule is COc1ccc2c(c1)OC[C@@H](NC1C[C@@H](C)O[C@@H](C)C1)C2. The average molecular weight is 291 g/mol. The van der Waals surface area contributed by atoms with E-state index >= 15 is 0 Å². The van der Waals surface area contributed by atoms with Gasteiger partial charge >= 0.3 is 0 Å². The maximum absolute atomic E-state index is 5.90. The third-order valence-corrected chi connectivity index (χ3v) is 4.35. The van der Waals surface area contributed by atoms with Gasteiger partial charge in [-0.1, -0.05) is 6.07 Å². The van der Waals surface area contributed by atoms with Crippen LogP contribution in [0.3, 0.4) is 0 Å². The second-order valence-electron chi connectivity index (χ2n) is 6.28. The number of methoxy groups -OCH3 is 1. The van der Waals surface area contributed by atoms with Crippen molar-refractivity contribution in [2.45, 2.75) is 57.4 Å². The van der Waals surface area contributed by atoms with E-state index < -0.39 is 0 Å². The van der Waals surface area contributed by atoms with E-state index in [2.05, 4.69) is 25.2 Å². The highest BCUT2D eigenvalue weighted by Gasteiger charge is 2.28. The Hall–Kier alpha value is -1.26. The summed E-state index contributed by atoms with van der Waals surface area (Å²) in [5.41, 5.74) is 1.26. The van der Waals surface area contributed by atoms with Crippen LogP contribution in [0.1, 0.15) is 32.3 Å². The van der Waals surface area contributed by atoms with Crippen molar-refractivity contribution in [1.82, 2.24) is 5.32 Å². The lowest BCUT2D eigenvalue weighted by Crippen LogP contribution is -2.49. The molecule has 1 saturated heterocycles. The van der Waals surface area contributed by atoms with Crippen molar-refractivity contribution in [2.24, 2.45) is 0 Å². The Kier molecular flexibility index (Phi) is 4.36. The molecule has 2 aliphatic heterocycles. The van der Waals surface area contributed by atoms with E-state index in [4.69, 9.17) is 14.2 Å². The molecule has 3 rings (SSSR count). The zero-order valence-electron chi connectivity index (χ0n) is 13.1. The van der Waals surface area contributed by atoms with Gasteiger partial charge in [-0.2, -0.15) is 0 Å². The van der Waals surface area contributed by atoms with Gasteiger partial charge < -0.3 is 19.5 Å². The van der Waals surface area contributed by atoms with Crippen LogP contribution in [0.5, 0.6) is 11.5 Å². The Balaban J connectivity index is 1.61. The van der Waals surface area contributed by atoms with Crippen molar-refractivity contribution in [3.63, 3.8) is 0 Å². The van der Waals surface area contributed by atoms with Crippen LogP contribution in [0.2, 0.25) is 0 Å². The molecule has 0 bridgehead atoms. The minimum Gasteiger partial charge on any atom is -0.497 e. The molecular weight excluding hydrogens is 266 g/mol. The number of fused-ring (bicyclic) bond motifs is 1. The molecule has 2 heterocycles. The lowest BCUT2D eigenvalue weighted by molar-refractivity contribution is -0.0444. The number of hydrogen-bond acceptors (Lipinski definition) is 4. The summed E-state index contributed by atoms with van der Waals surface area (Å²) in [5.74, 6) is 1.81. The highest BCUT2D eigenvalue weighted by molar-refractivity contribution is 5.42. The molecule has 21 heavy (non-hydrogen) atoms. The Bertz CT molecular complexity index is 481. The summed E-state index contributed by atoms with van der Waals surface area (Å²) in [6.45, 7) is 5.03. The minimum atomic E-state index is 0.340. The van der Waals surface area contributed by atoms with E-state index in [0.29, 0.717) is 24.3 Å². The largest absolute Gasteiger partial charge is 0.497 e. The van der Waals surface area contributed by atoms with E-state index in [-0.39, 0.29) is 0 Å². The third kappa shape index (κ3) is 3.50. The number of hydrogen-bond donors (Lipinski definition) is 1. The van der Waals surface area contributed by atoms with Crippen molar-refractivity contribution in [2.75, 3.05) is 13.7 Å². The second kappa shape index (κ2) is 6.24. The molecule has 1 fully saturated rings. The Morgan fingerprint density at radius 3 is 2.62 bits per heavy atom. The molecular formula is C17H25NO3. The molecule has 0 spiro atoms. The molecule has 0 amide bonds. The van der Waals surface area contributed by atoms with Crippen LogP contribution in [-0.2, 0) is 11.2 Å². The van der Waals surface area contributed by atoms with E-state index in [1.807, 2.05) is 12.1 Å². The summed E-state index contributed by atoms with van der Waals surface area (Å²) in [4.78, 5) is 0. The van der Waals surface area contributed by atoms with Crippen molar-refractivity contribution < 1.29 is 14.2 Å². The third-order valence-electron chi connectivity index (χ3n) is 4.35. The van der Waals surface area contributed by atoms with Gasteiger partial charge in [0.2, 0.25) is 0 Å². The van der Waals surface area contributed by atoms with Crippen LogP contribution in [0.15, 0.2) is 18.2 Å². The quantitative estimate of drug-likeness (QED) is 0.929. The molecule has 0 saturated carbocycles. The Morgan fingerprint density at radius 2 is 1.90 bits per heavy atom. The number of rotatable bonds is 3. The van der Waals surface area contributed by atoms with Gasteiger partial charge in [0.25, 0.3) is 0 Å². The smallest absolute Gasteiger partial charge is 0.126 e. The van der Waals surface area contributed by atoms with Crippen LogP contribution in [0.25, 0.3) is 0 Å². The molecule has 1 aromatic rings. The molecule has 1 aromatic carbocycles. The summed E-state index contributed by atoms with van der Waals surface area (Å²) < 4.78 is 16.9.